The predicted molar refractivity (Wildman–Crippen MR) is 101 cm³/mol. The first kappa shape index (κ1) is 19.8. The van der Waals surface area contributed by atoms with Crippen molar-refractivity contribution in [2.75, 3.05) is 13.1 Å². The molecule has 2 rings (SSSR count). The van der Waals surface area contributed by atoms with Gasteiger partial charge in [-0.3, -0.25) is 9.59 Å². The summed E-state index contributed by atoms with van der Waals surface area (Å²) in [6, 6.07) is 5.37. The molecule has 1 aromatic rings. The van der Waals surface area contributed by atoms with Gasteiger partial charge in [0.25, 0.3) is 0 Å². The fourth-order valence-electron chi connectivity index (χ4n) is 2.66. The second-order valence-electron chi connectivity index (χ2n) is 6.95. The first-order valence-corrected chi connectivity index (χ1v) is 8.90. The third-order valence-electron chi connectivity index (χ3n) is 4.33. The number of amides is 2. The minimum atomic E-state index is -0.653. The lowest BCUT2D eigenvalue weighted by Crippen LogP contribution is -2.45. The Bertz CT molecular complexity index is 689. The molecule has 1 aliphatic carbocycles. The van der Waals surface area contributed by atoms with Gasteiger partial charge in [-0.05, 0) is 30.0 Å². The van der Waals surface area contributed by atoms with Crippen molar-refractivity contribution in [3.05, 3.63) is 46.0 Å². The molecule has 2 amide bonds. The highest BCUT2D eigenvalue weighted by atomic mass is 35.5. The van der Waals surface area contributed by atoms with Crippen molar-refractivity contribution in [3.8, 4) is 0 Å². The van der Waals surface area contributed by atoms with Crippen LogP contribution in [0.15, 0.2) is 30.4 Å². The highest BCUT2D eigenvalue weighted by Crippen LogP contribution is 2.29. The summed E-state index contributed by atoms with van der Waals surface area (Å²) in [5.74, 6) is -1.11. The summed E-state index contributed by atoms with van der Waals surface area (Å²) >= 11 is 12.0. The Kier molecular flexibility index (Phi) is 6.49. The van der Waals surface area contributed by atoms with Crippen LogP contribution in [-0.4, -0.2) is 30.9 Å². The van der Waals surface area contributed by atoms with E-state index in [1.807, 2.05) is 32.1 Å². The molecule has 0 fully saturated rings. The number of carbonyl (C=O) groups is 2. The molecule has 0 bridgehead atoms. The van der Waals surface area contributed by atoms with Crippen LogP contribution in [0.25, 0.3) is 0 Å². The van der Waals surface area contributed by atoms with Crippen LogP contribution >= 0.6 is 23.2 Å². The van der Waals surface area contributed by atoms with E-state index in [0.29, 0.717) is 23.1 Å². The molecule has 2 atom stereocenters. The van der Waals surface area contributed by atoms with Gasteiger partial charge in [-0.15, -0.1) is 0 Å². The molecule has 1 aromatic carbocycles. The van der Waals surface area contributed by atoms with Crippen molar-refractivity contribution >= 4 is 35.0 Å². The Morgan fingerprint density at radius 3 is 2.44 bits per heavy atom. The lowest BCUT2D eigenvalue weighted by molar-refractivity contribution is -0.139. The van der Waals surface area contributed by atoms with Crippen LogP contribution in [0.2, 0.25) is 10.0 Å². The molecule has 0 aromatic heterocycles. The van der Waals surface area contributed by atoms with E-state index >= 15 is 0 Å². The van der Waals surface area contributed by atoms with Gasteiger partial charge in [0.05, 0.1) is 10.0 Å². The molecule has 7 heteroatoms. The van der Waals surface area contributed by atoms with Crippen LogP contribution in [-0.2, 0) is 15.0 Å². The summed E-state index contributed by atoms with van der Waals surface area (Å²) in [6.07, 6.45) is 4.67. The molecule has 5 nitrogen and oxygen atoms in total. The molecule has 0 spiro atoms. The van der Waals surface area contributed by atoms with Gasteiger partial charge in [-0.2, -0.15) is 0 Å². The number of hydrogen-bond donors (Lipinski definition) is 3. The van der Waals surface area contributed by atoms with Crippen molar-refractivity contribution in [2.24, 2.45) is 11.7 Å². The maximum atomic E-state index is 12.0. The van der Waals surface area contributed by atoms with Crippen molar-refractivity contribution in [1.29, 1.82) is 0 Å². The van der Waals surface area contributed by atoms with Crippen molar-refractivity contribution in [1.82, 2.24) is 10.6 Å². The zero-order valence-electron chi connectivity index (χ0n) is 14.3. The van der Waals surface area contributed by atoms with Crippen molar-refractivity contribution in [2.45, 2.75) is 31.7 Å². The van der Waals surface area contributed by atoms with E-state index in [9.17, 15) is 9.59 Å². The van der Waals surface area contributed by atoms with E-state index in [4.69, 9.17) is 28.9 Å². The molecule has 0 saturated carbocycles. The molecular weight excluding hydrogens is 361 g/mol. The summed E-state index contributed by atoms with van der Waals surface area (Å²) in [5, 5.41) is 6.25. The first-order chi connectivity index (χ1) is 11.7. The van der Waals surface area contributed by atoms with E-state index < -0.39 is 17.2 Å². The van der Waals surface area contributed by atoms with Gasteiger partial charge in [0.1, 0.15) is 0 Å². The summed E-state index contributed by atoms with van der Waals surface area (Å²) in [5.41, 5.74) is 6.29. The number of hydrogen-bond acceptors (Lipinski definition) is 3. The summed E-state index contributed by atoms with van der Waals surface area (Å²) in [6.45, 7) is 4.61. The molecular formula is C18H23Cl2N3O2. The third-order valence-corrected chi connectivity index (χ3v) is 5.07. The Morgan fingerprint density at radius 2 is 1.84 bits per heavy atom. The summed E-state index contributed by atoms with van der Waals surface area (Å²) in [7, 11) is 0. The van der Waals surface area contributed by atoms with Gasteiger partial charge in [0.2, 0.25) is 0 Å². The van der Waals surface area contributed by atoms with Gasteiger partial charge in [0.15, 0.2) is 0 Å². The fraction of sp³-hybridized carbons (Fsp3) is 0.444. The highest BCUT2D eigenvalue weighted by molar-refractivity contribution is 6.42. The Morgan fingerprint density at radius 1 is 1.16 bits per heavy atom. The molecule has 25 heavy (non-hydrogen) atoms. The monoisotopic (exact) mass is 383 g/mol. The van der Waals surface area contributed by atoms with Crippen LogP contribution in [0, 0.1) is 5.92 Å². The van der Waals surface area contributed by atoms with Gasteiger partial charge in [-0.25, -0.2) is 0 Å². The molecule has 0 saturated heterocycles. The minimum absolute atomic E-state index is 0.0303. The van der Waals surface area contributed by atoms with Gasteiger partial charge < -0.3 is 16.4 Å². The lowest BCUT2D eigenvalue weighted by atomic mass is 9.84. The smallest absolute Gasteiger partial charge is 0.309 e. The number of nitrogens with one attached hydrogen (secondary N) is 2. The number of nitrogens with two attached hydrogens (primary N) is 1. The second-order valence-corrected chi connectivity index (χ2v) is 7.76. The second kappa shape index (κ2) is 8.21. The topological polar surface area (TPSA) is 84.2 Å². The van der Waals surface area contributed by atoms with E-state index in [-0.39, 0.29) is 12.0 Å². The molecule has 0 radical (unpaired) electrons. The fourth-order valence-corrected chi connectivity index (χ4v) is 2.96. The van der Waals surface area contributed by atoms with Crippen LogP contribution in [0.1, 0.15) is 25.8 Å². The van der Waals surface area contributed by atoms with Crippen LogP contribution in [0.5, 0.6) is 0 Å². The third kappa shape index (κ3) is 5.46. The number of halogens is 2. The average molecular weight is 384 g/mol. The first-order valence-electron chi connectivity index (χ1n) is 8.14. The largest absolute Gasteiger partial charge is 0.347 e. The van der Waals surface area contributed by atoms with Crippen LogP contribution in [0.3, 0.4) is 0 Å². The van der Waals surface area contributed by atoms with Crippen molar-refractivity contribution in [3.63, 3.8) is 0 Å². The molecule has 1 aliphatic rings. The zero-order chi connectivity index (χ0) is 18.6. The normalized spacial score (nSPS) is 19.7. The SMILES string of the molecule is CC(C)(CNC(=O)C(=O)NC[C@H]1C=C[C@@H](N)C1)c1ccc(Cl)c(Cl)c1. The maximum Gasteiger partial charge on any atom is 0.309 e. The zero-order valence-corrected chi connectivity index (χ0v) is 15.8. The standard InChI is InChI=1S/C18H23Cl2N3O2/c1-18(2,12-4-6-14(19)15(20)8-12)10-23-17(25)16(24)22-9-11-3-5-13(21)7-11/h3-6,8,11,13H,7,9-10,21H2,1-2H3,(H,22,24)(H,23,25)/t11-,13+/m0/s1. The van der Waals surface area contributed by atoms with Gasteiger partial charge in [-0.1, -0.05) is 55.3 Å². The Balaban J connectivity index is 1.84. The number of rotatable bonds is 5. The Hall–Kier alpha value is -1.56. The molecule has 0 unspecified atom stereocenters. The molecule has 0 aliphatic heterocycles. The molecule has 4 N–H and O–H groups in total. The van der Waals surface area contributed by atoms with Crippen LogP contribution in [0.4, 0.5) is 0 Å². The molecule has 136 valence electrons. The minimum Gasteiger partial charge on any atom is -0.347 e. The number of benzene rings is 1. The summed E-state index contributed by atoms with van der Waals surface area (Å²) in [4.78, 5) is 23.9. The van der Waals surface area contributed by atoms with E-state index in [1.165, 1.54) is 0 Å². The van der Waals surface area contributed by atoms with Crippen LogP contribution < -0.4 is 16.4 Å². The van der Waals surface area contributed by atoms with E-state index in [1.54, 1.807) is 12.1 Å². The van der Waals surface area contributed by atoms with Gasteiger partial charge >= 0.3 is 11.8 Å². The number of carbonyl (C=O) groups excluding carboxylic acids is 2. The predicted octanol–water partition coefficient (Wildman–Crippen LogP) is 2.41. The van der Waals surface area contributed by atoms with E-state index in [0.717, 1.165) is 12.0 Å². The highest BCUT2D eigenvalue weighted by Gasteiger charge is 2.24. The average Bonchev–Trinajstić information content (AvgIpc) is 2.98. The summed E-state index contributed by atoms with van der Waals surface area (Å²) < 4.78 is 0. The molecule has 0 heterocycles. The lowest BCUT2D eigenvalue weighted by Gasteiger charge is -2.26. The van der Waals surface area contributed by atoms with Crippen molar-refractivity contribution < 1.29 is 9.59 Å². The quantitative estimate of drug-likeness (QED) is 0.539. The Labute approximate surface area is 157 Å². The maximum absolute atomic E-state index is 12.0. The van der Waals surface area contributed by atoms with Gasteiger partial charge in [0, 0.05) is 24.5 Å². The van der Waals surface area contributed by atoms with E-state index in [2.05, 4.69) is 10.6 Å².